The summed E-state index contributed by atoms with van der Waals surface area (Å²) in [5.41, 5.74) is 6.74. The molecule has 1 atom stereocenters. The first kappa shape index (κ1) is 16.6. The van der Waals surface area contributed by atoms with Crippen LogP contribution in [0.4, 0.5) is 0 Å². The number of hydrogen-bond acceptors (Lipinski definition) is 6. The highest BCUT2D eigenvalue weighted by atomic mass is 32.2. The van der Waals surface area contributed by atoms with E-state index in [-0.39, 0.29) is 5.75 Å². The van der Waals surface area contributed by atoms with Crippen molar-refractivity contribution in [2.75, 3.05) is 33.3 Å². The van der Waals surface area contributed by atoms with Crippen molar-refractivity contribution in [3.05, 3.63) is 17.7 Å². The van der Waals surface area contributed by atoms with Crippen LogP contribution in [0, 0.1) is 0 Å². The van der Waals surface area contributed by atoms with Crippen LogP contribution in [-0.4, -0.2) is 41.8 Å². The second-order valence-electron chi connectivity index (χ2n) is 4.47. The van der Waals surface area contributed by atoms with E-state index in [0.717, 1.165) is 0 Å². The molecule has 1 aromatic rings. The number of hydrogen-bond donors (Lipinski definition) is 1. The first-order valence-electron chi connectivity index (χ1n) is 6.05. The normalized spacial score (nSPS) is 12.8. The number of rotatable bonds is 7. The van der Waals surface area contributed by atoms with Crippen LogP contribution in [0.15, 0.2) is 12.1 Å². The average molecular weight is 303 g/mol. The molecule has 7 heteroatoms. The first-order valence-corrected chi connectivity index (χ1v) is 8.11. The van der Waals surface area contributed by atoms with Gasteiger partial charge < -0.3 is 19.9 Å². The maximum atomic E-state index is 11.2. The van der Waals surface area contributed by atoms with Crippen LogP contribution in [0.3, 0.4) is 0 Å². The summed E-state index contributed by atoms with van der Waals surface area (Å²) in [6.45, 7) is 0. The molecule has 114 valence electrons. The van der Waals surface area contributed by atoms with Crippen LogP contribution in [0.25, 0.3) is 0 Å². The van der Waals surface area contributed by atoms with Crippen molar-refractivity contribution in [2.24, 2.45) is 5.73 Å². The summed E-state index contributed by atoms with van der Waals surface area (Å²) in [7, 11) is 1.52. The molecule has 0 aliphatic carbocycles. The van der Waals surface area contributed by atoms with Crippen molar-refractivity contribution in [3.8, 4) is 17.2 Å². The summed E-state index contributed by atoms with van der Waals surface area (Å²) in [6, 6.07) is 2.93. The number of ether oxygens (including phenoxy) is 3. The average Bonchev–Trinajstić information content (AvgIpc) is 2.42. The van der Waals surface area contributed by atoms with Gasteiger partial charge in [0.1, 0.15) is 15.6 Å². The fourth-order valence-electron chi connectivity index (χ4n) is 1.84. The highest BCUT2D eigenvalue weighted by Gasteiger charge is 2.18. The van der Waals surface area contributed by atoms with Gasteiger partial charge in [-0.05, 0) is 12.5 Å². The maximum absolute atomic E-state index is 11.2. The van der Waals surface area contributed by atoms with E-state index < -0.39 is 15.9 Å². The maximum Gasteiger partial charge on any atom is 0.164 e. The largest absolute Gasteiger partial charge is 0.496 e. The molecular weight excluding hydrogens is 282 g/mol. The number of sulfone groups is 1. The van der Waals surface area contributed by atoms with E-state index in [2.05, 4.69) is 0 Å². The van der Waals surface area contributed by atoms with E-state index in [1.807, 2.05) is 0 Å². The lowest BCUT2D eigenvalue weighted by atomic mass is 10.0. The molecule has 0 saturated carbocycles. The van der Waals surface area contributed by atoms with E-state index in [9.17, 15) is 8.42 Å². The van der Waals surface area contributed by atoms with Gasteiger partial charge in [-0.1, -0.05) is 0 Å². The Bertz CT molecular complexity index is 556. The van der Waals surface area contributed by atoms with Crippen LogP contribution in [0.5, 0.6) is 17.2 Å². The zero-order valence-corrected chi connectivity index (χ0v) is 13.0. The summed E-state index contributed by atoms with van der Waals surface area (Å²) >= 11 is 0. The molecule has 20 heavy (non-hydrogen) atoms. The Morgan fingerprint density at radius 1 is 1.05 bits per heavy atom. The molecule has 0 fully saturated rings. The molecule has 2 N–H and O–H groups in total. The number of methoxy groups -OCH3 is 3. The Balaban J connectivity index is 3.09. The van der Waals surface area contributed by atoms with E-state index in [0.29, 0.717) is 29.2 Å². The van der Waals surface area contributed by atoms with Crippen molar-refractivity contribution < 1.29 is 22.6 Å². The van der Waals surface area contributed by atoms with Gasteiger partial charge in [0.2, 0.25) is 0 Å². The van der Waals surface area contributed by atoms with Crippen molar-refractivity contribution in [1.82, 2.24) is 0 Å². The highest BCUT2D eigenvalue weighted by Crippen LogP contribution is 2.37. The second kappa shape index (κ2) is 6.81. The Hall–Kier alpha value is -1.47. The van der Waals surface area contributed by atoms with Crippen molar-refractivity contribution >= 4 is 9.84 Å². The topological polar surface area (TPSA) is 87.9 Å². The summed E-state index contributed by atoms with van der Waals surface area (Å²) < 4.78 is 38.1. The van der Waals surface area contributed by atoms with Crippen LogP contribution in [0.2, 0.25) is 0 Å². The predicted molar refractivity (Wildman–Crippen MR) is 77.4 cm³/mol. The SMILES string of the molecule is COc1cc(OC)c(C(N)CCS(C)(=O)=O)cc1OC. The Labute approximate surface area is 119 Å². The minimum absolute atomic E-state index is 0.0195. The molecule has 0 heterocycles. The zero-order chi connectivity index (χ0) is 15.3. The van der Waals surface area contributed by atoms with Gasteiger partial charge in [-0.2, -0.15) is 0 Å². The van der Waals surface area contributed by atoms with Gasteiger partial charge in [0.05, 0.1) is 27.1 Å². The number of benzene rings is 1. The highest BCUT2D eigenvalue weighted by molar-refractivity contribution is 7.90. The molecular formula is C13H21NO5S. The smallest absolute Gasteiger partial charge is 0.164 e. The standard InChI is InChI=1S/C13H21NO5S/c1-17-11-8-13(19-3)12(18-2)7-9(11)10(14)5-6-20(4,15)16/h7-8,10H,5-6,14H2,1-4H3. The lowest BCUT2D eigenvalue weighted by Gasteiger charge is -2.18. The van der Waals surface area contributed by atoms with E-state index >= 15 is 0 Å². The predicted octanol–water partition coefficient (Wildman–Crippen LogP) is 1.15. The summed E-state index contributed by atoms with van der Waals surface area (Å²) in [6.07, 6.45) is 1.50. The van der Waals surface area contributed by atoms with Crippen molar-refractivity contribution in [2.45, 2.75) is 12.5 Å². The third-order valence-corrected chi connectivity index (χ3v) is 3.91. The molecule has 0 amide bonds. The molecule has 0 radical (unpaired) electrons. The van der Waals surface area contributed by atoms with Crippen molar-refractivity contribution in [3.63, 3.8) is 0 Å². The third kappa shape index (κ3) is 4.28. The summed E-state index contributed by atoms with van der Waals surface area (Å²) in [5.74, 6) is 1.62. The molecule has 1 rings (SSSR count). The fraction of sp³-hybridized carbons (Fsp3) is 0.538. The van der Waals surface area contributed by atoms with Gasteiger partial charge in [0.15, 0.2) is 11.5 Å². The molecule has 0 spiro atoms. The lowest BCUT2D eigenvalue weighted by molar-refractivity contribution is 0.346. The quantitative estimate of drug-likeness (QED) is 0.813. The zero-order valence-electron chi connectivity index (χ0n) is 12.2. The van der Waals surface area contributed by atoms with Gasteiger partial charge in [-0.3, -0.25) is 0 Å². The van der Waals surface area contributed by atoms with Crippen LogP contribution in [0.1, 0.15) is 18.0 Å². The Kier molecular flexibility index (Phi) is 5.64. The first-order chi connectivity index (χ1) is 9.32. The molecule has 1 unspecified atom stereocenters. The molecule has 0 aliphatic rings. The van der Waals surface area contributed by atoms with Crippen molar-refractivity contribution in [1.29, 1.82) is 0 Å². The van der Waals surface area contributed by atoms with Gasteiger partial charge in [-0.25, -0.2) is 8.42 Å². The molecule has 1 aromatic carbocycles. The van der Waals surface area contributed by atoms with Gasteiger partial charge >= 0.3 is 0 Å². The lowest BCUT2D eigenvalue weighted by Crippen LogP contribution is -2.16. The summed E-state index contributed by atoms with van der Waals surface area (Å²) in [5, 5.41) is 0. The molecule has 0 aliphatic heterocycles. The summed E-state index contributed by atoms with van der Waals surface area (Å²) in [4.78, 5) is 0. The monoisotopic (exact) mass is 303 g/mol. The van der Waals surface area contributed by atoms with E-state index in [1.54, 1.807) is 12.1 Å². The van der Waals surface area contributed by atoms with E-state index in [1.165, 1.54) is 27.6 Å². The van der Waals surface area contributed by atoms with Gasteiger partial charge in [0.25, 0.3) is 0 Å². The third-order valence-electron chi connectivity index (χ3n) is 2.94. The second-order valence-corrected chi connectivity index (χ2v) is 6.73. The Morgan fingerprint density at radius 2 is 1.55 bits per heavy atom. The van der Waals surface area contributed by atoms with Crippen LogP contribution in [-0.2, 0) is 9.84 Å². The van der Waals surface area contributed by atoms with E-state index in [4.69, 9.17) is 19.9 Å². The minimum atomic E-state index is -3.05. The van der Waals surface area contributed by atoms with Crippen LogP contribution < -0.4 is 19.9 Å². The molecule has 0 saturated heterocycles. The fourth-order valence-corrected chi connectivity index (χ4v) is 2.52. The Morgan fingerprint density at radius 3 is 2.00 bits per heavy atom. The number of nitrogens with two attached hydrogens (primary N) is 1. The molecule has 0 aromatic heterocycles. The van der Waals surface area contributed by atoms with Gasteiger partial charge in [0, 0.05) is 23.9 Å². The molecule has 0 bridgehead atoms. The van der Waals surface area contributed by atoms with Gasteiger partial charge in [-0.15, -0.1) is 0 Å². The minimum Gasteiger partial charge on any atom is -0.496 e. The van der Waals surface area contributed by atoms with Crippen LogP contribution >= 0.6 is 0 Å². The molecule has 6 nitrogen and oxygen atoms in total.